The molecule has 0 heterocycles. The lowest BCUT2D eigenvalue weighted by molar-refractivity contribution is -0.126. The number of carbonyl (C=O) groups is 1. The summed E-state index contributed by atoms with van der Waals surface area (Å²) in [6.45, 7) is 6.06. The van der Waals surface area contributed by atoms with E-state index in [1.165, 1.54) is 0 Å². The molecule has 0 aromatic heterocycles. The zero-order valence-corrected chi connectivity index (χ0v) is 14.8. The summed E-state index contributed by atoms with van der Waals surface area (Å²) in [5.74, 6) is 0.320. The van der Waals surface area contributed by atoms with Crippen molar-refractivity contribution in [2.24, 2.45) is 17.1 Å². The quantitative estimate of drug-likeness (QED) is 0.812. The first-order valence-electron chi connectivity index (χ1n) is 6.98. The summed E-state index contributed by atoms with van der Waals surface area (Å²) in [7, 11) is 4.12. The molecule has 1 aliphatic carbocycles. The molecule has 0 spiro atoms. The van der Waals surface area contributed by atoms with Gasteiger partial charge in [0.05, 0.1) is 0 Å². The molecule has 0 aliphatic heterocycles. The van der Waals surface area contributed by atoms with Gasteiger partial charge in [0, 0.05) is 25.0 Å². The molecule has 6 heteroatoms. The molecule has 2 unspecified atom stereocenters. The minimum Gasteiger partial charge on any atom is -0.355 e. The number of nitrogens with one attached hydrogen (secondary N) is 1. The molecule has 4 nitrogen and oxygen atoms in total. The van der Waals surface area contributed by atoms with Gasteiger partial charge < -0.3 is 16.0 Å². The minimum atomic E-state index is 0. The third-order valence-corrected chi connectivity index (χ3v) is 3.57. The Morgan fingerprint density at radius 2 is 1.90 bits per heavy atom. The van der Waals surface area contributed by atoms with Gasteiger partial charge in [-0.3, -0.25) is 4.79 Å². The molecular formula is C14H31Cl2N3O. The summed E-state index contributed by atoms with van der Waals surface area (Å²) in [5.41, 5.74) is 6.03. The maximum Gasteiger partial charge on any atom is 0.223 e. The van der Waals surface area contributed by atoms with E-state index < -0.39 is 0 Å². The van der Waals surface area contributed by atoms with Gasteiger partial charge in [-0.2, -0.15) is 0 Å². The van der Waals surface area contributed by atoms with Gasteiger partial charge in [-0.05, 0) is 38.8 Å². The zero-order valence-electron chi connectivity index (χ0n) is 13.1. The highest BCUT2D eigenvalue weighted by molar-refractivity contribution is 5.85. The third kappa shape index (κ3) is 8.30. The summed E-state index contributed by atoms with van der Waals surface area (Å²) in [6.07, 6.45) is 3.99. The van der Waals surface area contributed by atoms with Crippen LogP contribution in [0.25, 0.3) is 0 Å². The minimum absolute atomic E-state index is 0. The maximum atomic E-state index is 12.1. The molecular weight excluding hydrogens is 297 g/mol. The first-order valence-corrected chi connectivity index (χ1v) is 6.98. The number of nitrogens with two attached hydrogens (primary N) is 1. The van der Waals surface area contributed by atoms with Gasteiger partial charge in [0.1, 0.15) is 0 Å². The van der Waals surface area contributed by atoms with Crippen molar-refractivity contribution < 1.29 is 4.79 Å². The Labute approximate surface area is 136 Å². The van der Waals surface area contributed by atoms with Crippen molar-refractivity contribution >= 4 is 30.7 Å². The van der Waals surface area contributed by atoms with Crippen LogP contribution in [0.2, 0.25) is 0 Å². The van der Waals surface area contributed by atoms with E-state index in [1.807, 2.05) is 0 Å². The highest BCUT2D eigenvalue weighted by atomic mass is 35.5. The van der Waals surface area contributed by atoms with E-state index >= 15 is 0 Å². The average Bonchev–Trinajstić information content (AvgIpc) is 2.24. The van der Waals surface area contributed by atoms with Gasteiger partial charge in [0.2, 0.25) is 5.91 Å². The number of hydrogen-bond donors (Lipinski definition) is 2. The van der Waals surface area contributed by atoms with Crippen LogP contribution in [0.4, 0.5) is 0 Å². The van der Waals surface area contributed by atoms with Gasteiger partial charge in [-0.25, -0.2) is 0 Å². The van der Waals surface area contributed by atoms with E-state index in [4.69, 9.17) is 5.73 Å². The molecule has 0 aromatic carbocycles. The fourth-order valence-electron chi connectivity index (χ4n) is 2.85. The van der Waals surface area contributed by atoms with Crippen LogP contribution in [-0.4, -0.2) is 44.0 Å². The highest BCUT2D eigenvalue weighted by Gasteiger charge is 2.27. The smallest absolute Gasteiger partial charge is 0.223 e. The normalized spacial score (nSPS) is 22.7. The molecule has 1 rings (SSSR count). The molecule has 3 N–H and O–H groups in total. The van der Waals surface area contributed by atoms with Crippen LogP contribution in [0.1, 0.15) is 39.5 Å². The molecule has 0 saturated heterocycles. The number of amides is 1. The summed E-state index contributed by atoms with van der Waals surface area (Å²) in [4.78, 5) is 14.3. The monoisotopic (exact) mass is 327 g/mol. The van der Waals surface area contributed by atoms with Crippen molar-refractivity contribution in [2.75, 3.05) is 27.2 Å². The van der Waals surface area contributed by atoms with E-state index in [2.05, 4.69) is 38.2 Å². The first kappa shape index (κ1) is 22.3. The van der Waals surface area contributed by atoms with E-state index in [1.54, 1.807) is 0 Å². The van der Waals surface area contributed by atoms with Crippen molar-refractivity contribution in [1.29, 1.82) is 0 Å². The molecule has 122 valence electrons. The summed E-state index contributed by atoms with van der Waals surface area (Å²) in [5, 5.41) is 3.10. The molecule has 0 bridgehead atoms. The first-order chi connectivity index (χ1) is 8.30. The van der Waals surface area contributed by atoms with Crippen molar-refractivity contribution in [3.63, 3.8) is 0 Å². The second kappa shape index (κ2) is 9.82. The largest absolute Gasteiger partial charge is 0.355 e. The van der Waals surface area contributed by atoms with Gasteiger partial charge >= 0.3 is 0 Å². The van der Waals surface area contributed by atoms with Crippen LogP contribution < -0.4 is 11.1 Å². The standard InChI is InChI=1S/C14H29N3O.2ClH/c1-14(2,10-17(3)4)9-16-13(18)11-6-5-7-12(15)8-11;;/h11-12H,5-10,15H2,1-4H3,(H,16,18);2*1H. The third-order valence-electron chi connectivity index (χ3n) is 3.57. The Kier molecular flexibility index (Phi) is 10.9. The van der Waals surface area contributed by atoms with Gasteiger partial charge in [0.15, 0.2) is 0 Å². The second-order valence-corrected chi connectivity index (χ2v) is 6.74. The van der Waals surface area contributed by atoms with Crippen molar-refractivity contribution in [3.8, 4) is 0 Å². The fourth-order valence-corrected chi connectivity index (χ4v) is 2.85. The predicted molar refractivity (Wildman–Crippen MR) is 89.8 cm³/mol. The maximum absolute atomic E-state index is 12.1. The molecule has 1 aliphatic rings. The van der Waals surface area contributed by atoms with Crippen molar-refractivity contribution in [3.05, 3.63) is 0 Å². The van der Waals surface area contributed by atoms with Gasteiger partial charge in [0.25, 0.3) is 0 Å². The Balaban J connectivity index is 0. The molecule has 0 aromatic rings. The van der Waals surface area contributed by atoms with E-state index in [9.17, 15) is 4.79 Å². The summed E-state index contributed by atoms with van der Waals surface area (Å²) < 4.78 is 0. The molecule has 1 saturated carbocycles. The zero-order chi connectivity index (χ0) is 13.8. The molecule has 20 heavy (non-hydrogen) atoms. The number of carbonyl (C=O) groups excluding carboxylic acids is 1. The molecule has 2 atom stereocenters. The Morgan fingerprint density at radius 1 is 1.30 bits per heavy atom. The van der Waals surface area contributed by atoms with Gasteiger partial charge in [-0.15, -0.1) is 24.8 Å². The number of hydrogen-bond acceptors (Lipinski definition) is 3. The van der Waals surface area contributed by atoms with Crippen molar-refractivity contribution in [1.82, 2.24) is 10.2 Å². The number of rotatable bonds is 5. The molecule has 1 fully saturated rings. The van der Waals surface area contributed by atoms with Gasteiger partial charge in [-0.1, -0.05) is 20.3 Å². The van der Waals surface area contributed by atoms with Crippen LogP contribution in [0.3, 0.4) is 0 Å². The van der Waals surface area contributed by atoms with Crippen LogP contribution in [0.15, 0.2) is 0 Å². The Hall–Kier alpha value is -0.0300. The summed E-state index contributed by atoms with van der Waals surface area (Å²) in [6, 6.07) is 0.212. The lowest BCUT2D eigenvalue weighted by atomic mass is 9.85. The van der Waals surface area contributed by atoms with E-state index in [0.29, 0.717) is 0 Å². The van der Waals surface area contributed by atoms with Crippen LogP contribution >= 0.6 is 24.8 Å². The van der Waals surface area contributed by atoms with Crippen LogP contribution in [0, 0.1) is 11.3 Å². The fraction of sp³-hybridized carbons (Fsp3) is 0.929. The SMILES string of the molecule is CN(C)CC(C)(C)CNC(=O)C1CCCC(N)C1.Cl.Cl. The second-order valence-electron chi connectivity index (χ2n) is 6.74. The Bertz CT molecular complexity index is 286. The molecule has 0 radical (unpaired) electrons. The Morgan fingerprint density at radius 3 is 2.40 bits per heavy atom. The van der Waals surface area contributed by atoms with Crippen LogP contribution in [0.5, 0.6) is 0 Å². The van der Waals surface area contributed by atoms with E-state index in [0.717, 1.165) is 38.8 Å². The predicted octanol–water partition coefficient (Wildman–Crippen LogP) is 2.05. The lowest BCUT2D eigenvalue weighted by Gasteiger charge is -2.30. The van der Waals surface area contributed by atoms with Crippen LogP contribution in [-0.2, 0) is 4.79 Å². The number of halogens is 2. The summed E-state index contributed by atoms with van der Waals surface area (Å²) >= 11 is 0. The van der Waals surface area contributed by atoms with Crippen molar-refractivity contribution in [2.45, 2.75) is 45.6 Å². The average molecular weight is 328 g/mol. The topological polar surface area (TPSA) is 58.4 Å². The highest BCUT2D eigenvalue weighted by Crippen LogP contribution is 2.23. The molecule has 1 amide bonds. The van der Waals surface area contributed by atoms with E-state index in [-0.39, 0.29) is 48.1 Å². The lowest BCUT2D eigenvalue weighted by Crippen LogP contribution is -2.43. The number of nitrogens with zero attached hydrogens (tertiary/aromatic N) is 1.